The van der Waals surface area contributed by atoms with Gasteiger partial charge in [0, 0.05) is 67.7 Å². The average molecular weight is 433 g/mol. The van der Waals surface area contributed by atoms with Crippen LogP contribution < -0.4 is 14.4 Å². The van der Waals surface area contributed by atoms with Crippen LogP contribution >= 0.6 is 0 Å². The Morgan fingerprint density at radius 1 is 1.31 bits per heavy atom. The van der Waals surface area contributed by atoms with Gasteiger partial charge in [-0.3, -0.25) is 9.98 Å². The number of H-pyrrole nitrogens is 1. The molecule has 0 saturated heterocycles. The van der Waals surface area contributed by atoms with E-state index in [1.54, 1.807) is 46.1 Å². The van der Waals surface area contributed by atoms with Gasteiger partial charge in [0.1, 0.15) is 17.3 Å². The standard InChI is InChI=1S/C24H28N6O2/c1-17(7-18-8-19(15-27-13-18)20(12-25)14-26-2)30(16-24-28-5-6-29-24)21-9-22(31-3)11-23(10-21)32-4/h5-12,14-15,20,25H,1,13,16H2,2-4H3,(H,28,29)/b18-7-,25-12?,26-14?. The lowest BCUT2D eigenvalue weighted by Gasteiger charge is -2.26. The minimum atomic E-state index is -0.206. The fourth-order valence-corrected chi connectivity index (χ4v) is 3.34. The third-order valence-electron chi connectivity index (χ3n) is 4.95. The van der Waals surface area contributed by atoms with Crippen molar-refractivity contribution in [3.8, 4) is 11.5 Å². The molecule has 2 heterocycles. The first kappa shape index (κ1) is 22.7. The largest absolute Gasteiger partial charge is 0.497 e. The van der Waals surface area contributed by atoms with E-state index in [1.165, 1.54) is 6.21 Å². The summed E-state index contributed by atoms with van der Waals surface area (Å²) in [5, 5.41) is 7.68. The molecule has 1 aromatic carbocycles. The van der Waals surface area contributed by atoms with Crippen molar-refractivity contribution in [3.05, 3.63) is 72.0 Å². The Bertz CT molecular complexity index is 1040. The summed E-state index contributed by atoms with van der Waals surface area (Å²) < 4.78 is 10.9. The summed E-state index contributed by atoms with van der Waals surface area (Å²) >= 11 is 0. The quantitative estimate of drug-likeness (QED) is 0.557. The van der Waals surface area contributed by atoms with Gasteiger partial charge < -0.3 is 24.8 Å². The van der Waals surface area contributed by atoms with E-state index in [1.807, 2.05) is 35.3 Å². The fourth-order valence-electron chi connectivity index (χ4n) is 3.34. The number of aromatic amines is 1. The second kappa shape index (κ2) is 10.9. The Morgan fingerprint density at radius 2 is 2.06 bits per heavy atom. The molecular formula is C24H28N6O2. The zero-order valence-corrected chi connectivity index (χ0v) is 18.6. The molecule has 0 bridgehead atoms. The van der Waals surface area contributed by atoms with Crippen molar-refractivity contribution in [1.29, 1.82) is 5.41 Å². The van der Waals surface area contributed by atoms with Gasteiger partial charge in [-0.15, -0.1) is 0 Å². The predicted molar refractivity (Wildman–Crippen MR) is 130 cm³/mol. The first-order chi connectivity index (χ1) is 15.6. The van der Waals surface area contributed by atoms with E-state index >= 15 is 0 Å². The third kappa shape index (κ3) is 5.60. The van der Waals surface area contributed by atoms with Gasteiger partial charge in [-0.25, -0.2) is 4.98 Å². The van der Waals surface area contributed by atoms with Crippen molar-refractivity contribution in [3.63, 3.8) is 0 Å². The molecule has 8 heteroatoms. The molecule has 32 heavy (non-hydrogen) atoms. The SMILES string of the molecule is C=C(/C=C1/C=C(C(C=N)C=NC)C=NC1)N(Cc1ncc[nH]1)c1cc(OC)cc(OC)c1. The zero-order valence-electron chi connectivity index (χ0n) is 18.6. The van der Waals surface area contributed by atoms with Gasteiger partial charge in [0.15, 0.2) is 0 Å². The molecule has 0 amide bonds. The van der Waals surface area contributed by atoms with Crippen LogP contribution in [0.4, 0.5) is 5.69 Å². The van der Waals surface area contributed by atoms with Gasteiger partial charge in [-0.05, 0) is 17.2 Å². The second-order valence-corrected chi connectivity index (χ2v) is 7.12. The van der Waals surface area contributed by atoms with E-state index in [0.29, 0.717) is 24.6 Å². The lowest BCUT2D eigenvalue weighted by atomic mass is 9.97. The smallest absolute Gasteiger partial charge is 0.126 e. The Balaban J connectivity index is 1.97. The van der Waals surface area contributed by atoms with Crippen molar-refractivity contribution in [2.24, 2.45) is 15.9 Å². The highest BCUT2D eigenvalue weighted by Crippen LogP contribution is 2.31. The van der Waals surface area contributed by atoms with E-state index in [9.17, 15) is 0 Å². The number of anilines is 1. The van der Waals surface area contributed by atoms with Crippen molar-refractivity contribution < 1.29 is 9.47 Å². The number of allylic oxidation sites excluding steroid dienone is 2. The summed E-state index contributed by atoms with van der Waals surface area (Å²) in [6, 6.07) is 5.68. The Morgan fingerprint density at radius 3 is 2.66 bits per heavy atom. The van der Waals surface area contributed by atoms with Crippen LogP contribution in [0.25, 0.3) is 0 Å². The normalized spacial score (nSPS) is 15.5. The summed E-state index contributed by atoms with van der Waals surface area (Å²) in [6.07, 6.45) is 12.4. The number of ether oxygens (including phenoxy) is 2. The van der Waals surface area contributed by atoms with Crippen LogP contribution in [0.5, 0.6) is 11.5 Å². The van der Waals surface area contributed by atoms with Gasteiger partial charge >= 0.3 is 0 Å². The lowest BCUT2D eigenvalue weighted by Crippen LogP contribution is -2.22. The fraction of sp³-hybridized carbons (Fsp3) is 0.250. The van der Waals surface area contributed by atoms with Gasteiger partial charge in [0.25, 0.3) is 0 Å². The van der Waals surface area contributed by atoms with Crippen molar-refractivity contribution in [1.82, 2.24) is 9.97 Å². The number of rotatable bonds is 10. The minimum Gasteiger partial charge on any atom is -0.497 e. The summed E-state index contributed by atoms with van der Waals surface area (Å²) in [4.78, 5) is 18.1. The predicted octanol–water partition coefficient (Wildman–Crippen LogP) is 3.85. The van der Waals surface area contributed by atoms with Gasteiger partial charge in [-0.2, -0.15) is 0 Å². The van der Waals surface area contributed by atoms with E-state index in [2.05, 4.69) is 26.5 Å². The second-order valence-electron chi connectivity index (χ2n) is 7.12. The van der Waals surface area contributed by atoms with Gasteiger partial charge in [-0.1, -0.05) is 12.7 Å². The topological polar surface area (TPSA) is 99.0 Å². The monoisotopic (exact) mass is 432 g/mol. The number of imidazole rings is 1. The van der Waals surface area contributed by atoms with Gasteiger partial charge in [0.2, 0.25) is 0 Å². The molecule has 3 rings (SSSR count). The van der Waals surface area contributed by atoms with Gasteiger partial charge in [0.05, 0.1) is 33.2 Å². The van der Waals surface area contributed by atoms with Crippen LogP contribution in [0.1, 0.15) is 5.82 Å². The number of dihydropyridines is 1. The zero-order chi connectivity index (χ0) is 22.9. The summed E-state index contributed by atoms with van der Waals surface area (Å²) in [6.45, 7) is 5.34. The molecule has 166 valence electrons. The molecule has 1 atom stereocenters. The maximum atomic E-state index is 7.68. The summed E-state index contributed by atoms with van der Waals surface area (Å²) in [5.74, 6) is 1.96. The molecule has 1 unspecified atom stereocenters. The number of nitrogens with one attached hydrogen (secondary N) is 2. The molecular weight excluding hydrogens is 404 g/mol. The van der Waals surface area contributed by atoms with Crippen molar-refractivity contribution >= 4 is 24.3 Å². The van der Waals surface area contributed by atoms with E-state index < -0.39 is 0 Å². The van der Waals surface area contributed by atoms with Crippen molar-refractivity contribution in [2.75, 3.05) is 32.7 Å². The number of aromatic nitrogens is 2. The average Bonchev–Trinajstić information content (AvgIpc) is 3.34. The maximum Gasteiger partial charge on any atom is 0.126 e. The first-order valence-corrected chi connectivity index (χ1v) is 10.1. The highest BCUT2D eigenvalue weighted by atomic mass is 16.5. The van der Waals surface area contributed by atoms with Crippen LogP contribution in [-0.4, -0.2) is 56.4 Å². The Kier molecular flexibility index (Phi) is 7.75. The number of methoxy groups -OCH3 is 2. The molecule has 8 nitrogen and oxygen atoms in total. The van der Waals surface area contributed by atoms with Crippen LogP contribution in [-0.2, 0) is 6.54 Å². The molecule has 0 fully saturated rings. The molecule has 1 aliphatic heterocycles. The molecule has 0 radical (unpaired) electrons. The van der Waals surface area contributed by atoms with Crippen molar-refractivity contribution in [2.45, 2.75) is 6.54 Å². The number of aliphatic imine (C=N–C) groups is 2. The number of benzene rings is 1. The van der Waals surface area contributed by atoms with Crippen LogP contribution in [0.3, 0.4) is 0 Å². The van der Waals surface area contributed by atoms with E-state index in [0.717, 1.165) is 28.4 Å². The highest BCUT2D eigenvalue weighted by Gasteiger charge is 2.16. The molecule has 2 aromatic rings. The molecule has 0 saturated carbocycles. The Labute approximate surface area is 188 Å². The van der Waals surface area contributed by atoms with Crippen LogP contribution in [0.15, 0.2) is 76.2 Å². The van der Waals surface area contributed by atoms with Crippen LogP contribution in [0.2, 0.25) is 0 Å². The summed E-state index contributed by atoms with van der Waals surface area (Å²) in [5.41, 5.74) is 3.52. The third-order valence-corrected chi connectivity index (χ3v) is 4.95. The Hall–Kier alpha value is -3.94. The number of hydrogen-bond donors (Lipinski definition) is 2. The molecule has 2 N–H and O–H groups in total. The highest BCUT2D eigenvalue weighted by molar-refractivity contribution is 5.97. The molecule has 0 spiro atoms. The van der Waals surface area contributed by atoms with E-state index in [-0.39, 0.29) is 5.92 Å². The lowest BCUT2D eigenvalue weighted by molar-refractivity contribution is 0.394. The molecule has 1 aromatic heterocycles. The molecule has 1 aliphatic rings. The number of nitrogens with zero attached hydrogens (tertiary/aromatic N) is 4. The van der Waals surface area contributed by atoms with E-state index in [4.69, 9.17) is 14.9 Å². The maximum absolute atomic E-state index is 7.68. The molecule has 0 aliphatic carbocycles. The summed E-state index contributed by atoms with van der Waals surface area (Å²) in [7, 11) is 4.94. The number of hydrogen-bond acceptors (Lipinski definition) is 7. The minimum absolute atomic E-state index is 0.206. The first-order valence-electron chi connectivity index (χ1n) is 10.1. The van der Waals surface area contributed by atoms with Crippen LogP contribution in [0, 0.1) is 11.3 Å².